The highest BCUT2D eigenvalue weighted by Crippen LogP contribution is 1.91. The van der Waals surface area contributed by atoms with Gasteiger partial charge in [0.05, 0.1) is 5.69 Å². The number of carboxylic acids is 1. The molecule has 0 saturated heterocycles. The van der Waals surface area contributed by atoms with Crippen LogP contribution in [0.1, 0.15) is 18.5 Å². The van der Waals surface area contributed by atoms with Gasteiger partial charge in [-0.15, -0.1) is 0 Å². The molecule has 1 rings (SSSR count). The summed E-state index contributed by atoms with van der Waals surface area (Å²) < 4.78 is 0. The highest BCUT2D eigenvalue weighted by Gasteiger charge is 1.96. The van der Waals surface area contributed by atoms with E-state index in [4.69, 9.17) is 5.11 Å². The molecular weight excluding hydrogens is 182 g/mol. The standard InChI is InChI=1S/C9H13N3O2/c13-9(14)4-2-5-10-7-8-3-1-6-11-12-8/h1,3,6,10H,2,4-5,7H2,(H,13,14). The summed E-state index contributed by atoms with van der Waals surface area (Å²) >= 11 is 0. The zero-order valence-corrected chi connectivity index (χ0v) is 7.81. The first kappa shape index (κ1) is 10.6. The molecule has 0 amide bonds. The summed E-state index contributed by atoms with van der Waals surface area (Å²) in [5.41, 5.74) is 0.864. The summed E-state index contributed by atoms with van der Waals surface area (Å²) in [6.07, 6.45) is 2.46. The van der Waals surface area contributed by atoms with Crippen LogP contribution < -0.4 is 5.32 Å². The van der Waals surface area contributed by atoms with Gasteiger partial charge in [-0.05, 0) is 25.1 Å². The number of hydrogen-bond donors (Lipinski definition) is 2. The van der Waals surface area contributed by atoms with Crippen LogP contribution in [0.15, 0.2) is 18.3 Å². The number of hydrogen-bond acceptors (Lipinski definition) is 4. The summed E-state index contributed by atoms with van der Waals surface area (Å²) in [4.78, 5) is 10.2. The van der Waals surface area contributed by atoms with Gasteiger partial charge in [0.1, 0.15) is 0 Å². The Labute approximate surface area is 82.2 Å². The van der Waals surface area contributed by atoms with E-state index in [1.54, 1.807) is 6.20 Å². The molecule has 1 aromatic rings. The van der Waals surface area contributed by atoms with Gasteiger partial charge in [0.2, 0.25) is 0 Å². The molecule has 2 N–H and O–H groups in total. The minimum absolute atomic E-state index is 0.202. The van der Waals surface area contributed by atoms with Crippen molar-refractivity contribution in [3.63, 3.8) is 0 Å². The van der Waals surface area contributed by atoms with Crippen molar-refractivity contribution in [1.82, 2.24) is 15.5 Å². The molecule has 0 aliphatic heterocycles. The summed E-state index contributed by atoms with van der Waals surface area (Å²) in [5, 5.41) is 19.1. The molecule has 0 saturated carbocycles. The van der Waals surface area contributed by atoms with Crippen LogP contribution in [0.3, 0.4) is 0 Å². The number of nitrogens with zero attached hydrogens (tertiary/aromatic N) is 2. The lowest BCUT2D eigenvalue weighted by atomic mass is 10.3. The molecule has 0 atom stereocenters. The lowest BCUT2D eigenvalue weighted by molar-refractivity contribution is -0.137. The van der Waals surface area contributed by atoms with E-state index >= 15 is 0 Å². The van der Waals surface area contributed by atoms with E-state index in [2.05, 4.69) is 15.5 Å². The first-order chi connectivity index (χ1) is 6.79. The normalized spacial score (nSPS) is 10.0. The monoisotopic (exact) mass is 195 g/mol. The third kappa shape index (κ3) is 4.51. The molecule has 5 heteroatoms. The van der Waals surface area contributed by atoms with Crippen LogP contribution in [0, 0.1) is 0 Å². The zero-order chi connectivity index (χ0) is 10.2. The zero-order valence-electron chi connectivity index (χ0n) is 7.81. The number of rotatable bonds is 6. The van der Waals surface area contributed by atoms with E-state index in [-0.39, 0.29) is 6.42 Å². The number of carbonyl (C=O) groups is 1. The molecule has 0 unspecified atom stereocenters. The maximum Gasteiger partial charge on any atom is 0.303 e. The predicted octanol–water partition coefficient (Wildman–Crippen LogP) is 0.431. The lowest BCUT2D eigenvalue weighted by Gasteiger charge is -2.01. The smallest absolute Gasteiger partial charge is 0.303 e. The first-order valence-electron chi connectivity index (χ1n) is 4.48. The molecule has 0 aromatic carbocycles. The predicted molar refractivity (Wildman–Crippen MR) is 50.6 cm³/mol. The summed E-state index contributed by atoms with van der Waals surface area (Å²) in [7, 11) is 0. The molecular formula is C9H13N3O2. The van der Waals surface area contributed by atoms with Crippen LogP contribution in [0.4, 0.5) is 0 Å². The van der Waals surface area contributed by atoms with E-state index in [0.717, 1.165) is 5.69 Å². The van der Waals surface area contributed by atoms with Crippen molar-refractivity contribution >= 4 is 5.97 Å². The second-order valence-corrected chi connectivity index (χ2v) is 2.89. The Morgan fingerprint density at radius 2 is 2.43 bits per heavy atom. The van der Waals surface area contributed by atoms with Crippen molar-refractivity contribution < 1.29 is 9.90 Å². The molecule has 0 bridgehead atoms. The molecule has 0 aliphatic rings. The fourth-order valence-corrected chi connectivity index (χ4v) is 1.01. The van der Waals surface area contributed by atoms with Crippen molar-refractivity contribution in [2.75, 3.05) is 6.54 Å². The average molecular weight is 195 g/mol. The van der Waals surface area contributed by atoms with Gasteiger partial charge in [0, 0.05) is 19.2 Å². The van der Waals surface area contributed by atoms with Gasteiger partial charge in [-0.25, -0.2) is 0 Å². The first-order valence-corrected chi connectivity index (χ1v) is 4.48. The Hall–Kier alpha value is -1.49. The highest BCUT2D eigenvalue weighted by atomic mass is 16.4. The van der Waals surface area contributed by atoms with Crippen molar-refractivity contribution in [2.45, 2.75) is 19.4 Å². The SMILES string of the molecule is O=C(O)CCCNCc1cccnn1. The summed E-state index contributed by atoms with van der Waals surface area (Å²) in [5.74, 6) is -0.758. The van der Waals surface area contributed by atoms with Crippen LogP contribution >= 0.6 is 0 Å². The third-order valence-corrected chi connectivity index (χ3v) is 1.68. The van der Waals surface area contributed by atoms with Gasteiger partial charge < -0.3 is 10.4 Å². The van der Waals surface area contributed by atoms with Gasteiger partial charge in [-0.2, -0.15) is 10.2 Å². The number of nitrogens with one attached hydrogen (secondary N) is 1. The van der Waals surface area contributed by atoms with E-state index in [1.165, 1.54) is 0 Å². The Kier molecular flexibility index (Phi) is 4.57. The molecule has 1 heterocycles. The molecule has 0 radical (unpaired) electrons. The van der Waals surface area contributed by atoms with Gasteiger partial charge in [-0.3, -0.25) is 4.79 Å². The van der Waals surface area contributed by atoms with Crippen LogP contribution in [-0.4, -0.2) is 27.8 Å². The second-order valence-electron chi connectivity index (χ2n) is 2.89. The maximum atomic E-state index is 10.2. The van der Waals surface area contributed by atoms with E-state index in [0.29, 0.717) is 19.5 Å². The Morgan fingerprint density at radius 3 is 3.07 bits per heavy atom. The summed E-state index contributed by atoms with van der Waals surface area (Å²) in [6.45, 7) is 1.32. The molecule has 76 valence electrons. The van der Waals surface area contributed by atoms with E-state index in [9.17, 15) is 4.79 Å². The Bertz CT molecular complexity index is 277. The average Bonchev–Trinajstić information content (AvgIpc) is 2.18. The van der Waals surface area contributed by atoms with Crippen molar-refractivity contribution in [2.24, 2.45) is 0 Å². The van der Waals surface area contributed by atoms with Gasteiger partial charge in [0.25, 0.3) is 0 Å². The van der Waals surface area contributed by atoms with E-state index in [1.807, 2.05) is 12.1 Å². The second kappa shape index (κ2) is 6.04. The van der Waals surface area contributed by atoms with Crippen molar-refractivity contribution in [3.05, 3.63) is 24.0 Å². The van der Waals surface area contributed by atoms with Gasteiger partial charge in [0.15, 0.2) is 0 Å². The number of aliphatic carboxylic acids is 1. The van der Waals surface area contributed by atoms with Crippen LogP contribution in [0.2, 0.25) is 0 Å². The molecule has 0 spiro atoms. The summed E-state index contributed by atoms with van der Waals surface area (Å²) in [6, 6.07) is 3.69. The molecule has 14 heavy (non-hydrogen) atoms. The van der Waals surface area contributed by atoms with Gasteiger partial charge in [-0.1, -0.05) is 0 Å². The number of carboxylic acid groups (broad SMARTS) is 1. The molecule has 0 aliphatic carbocycles. The van der Waals surface area contributed by atoms with Crippen LogP contribution in [-0.2, 0) is 11.3 Å². The van der Waals surface area contributed by atoms with Gasteiger partial charge >= 0.3 is 5.97 Å². The van der Waals surface area contributed by atoms with Crippen molar-refractivity contribution in [3.8, 4) is 0 Å². The minimum atomic E-state index is -0.758. The van der Waals surface area contributed by atoms with E-state index < -0.39 is 5.97 Å². The highest BCUT2D eigenvalue weighted by molar-refractivity contribution is 5.66. The van der Waals surface area contributed by atoms with Crippen molar-refractivity contribution in [1.29, 1.82) is 0 Å². The quantitative estimate of drug-likeness (QED) is 0.644. The maximum absolute atomic E-state index is 10.2. The van der Waals surface area contributed by atoms with Crippen LogP contribution in [0.5, 0.6) is 0 Å². The van der Waals surface area contributed by atoms with Crippen LogP contribution in [0.25, 0.3) is 0 Å². The fourth-order valence-electron chi connectivity index (χ4n) is 1.01. The fraction of sp³-hybridized carbons (Fsp3) is 0.444. The lowest BCUT2D eigenvalue weighted by Crippen LogP contribution is -2.16. The third-order valence-electron chi connectivity index (χ3n) is 1.68. The largest absolute Gasteiger partial charge is 0.481 e. The minimum Gasteiger partial charge on any atom is -0.481 e. The molecule has 5 nitrogen and oxygen atoms in total. The molecule has 0 fully saturated rings. The number of aromatic nitrogens is 2. The molecule has 1 aromatic heterocycles. The topological polar surface area (TPSA) is 75.1 Å². The Balaban J connectivity index is 2.08. The Morgan fingerprint density at radius 1 is 1.57 bits per heavy atom.